The number of carboxylic acid groups (broad SMARTS) is 1. The summed E-state index contributed by atoms with van der Waals surface area (Å²) in [6.45, 7) is 0. The molecular weight excluding hydrogens is 344 g/mol. The van der Waals surface area contributed by atoms with Crippen molar-refractivity contribution in [3.8, 4) is 5.75 Å². The van der Waals surface area contributed by atoms with Gasteiger partial charge in [-0.1, -0.05) is 48.0 Å². The van der Waals surface area contributed by atoms with E-state index < -0.39 is 24.0 Å². The minimum atomic E-state index is -1.01. The number of carboxylic acids is 1. The van der Waals surface area contributed by atoms with E-state index in [2.05, 4.69) is 0 Å². The molecule has 0 saturated carbocycles. The summed E-state index contributed by atoms with van der Waals surface area (Å²) in [5, 5.41) is 8.94. The van der Waals surface area contributed by atoms with Crippen LogP contribution in [0.1, 0.15) is 23.6 Å². The average molecular weight is 363 g/mol. The Bertz CT molecular complexity index is 752. The summed E-state index contributed by atoms with van der Waals surface area (Å²) < 4.78 is 5.24. The molecule has 0 amide bonds. The van der Waals surface area contributed by atoms with E-state index in [0.717, 1.165) is 5.56 Å². The second-order valence-electron chi connectivity index (χ2n) is 5.61. The van der Waals surface area contributed by atoms with Gasteiger partial charge >= 0.3 is 11.9 Å². The van der Waals surface area contributed by atoms with Crippen LogP contribution in [0.3, 0.4) is 0 Å². The van der Waals surface area contributed by atoms with Crippen LogP contribution in [-0.4, -0.2) is 23.1 Å². The monoisotopic (exact) mass is 362 g/mol. The molecule has 2 aromatic carbocycles. The number of halogens is 1. The minimum Gasteiger partial charge on any atom is -0.481 e. The molecule has 0 aliphatic heterocycles. The van der Waals surface area contributed by atoms with Gasteiger partial charge in [0.25, 0.3) is 0 Å². The Morgan fingerprint density at radius 1 is 1.12 bits per heavy atom. The average Bonchev–Trinajstić information content (AvgIpc) is 2.56. The maximum Gasteiger partial charge on any atom is 0.328 e. The molecule has 2 atom stereocenters. The first-order valence-corrected chi connectivity index (χ1v) is 8.02. The van der Waals surface area contributed by atoms with Crippen molar-refractivity contribution in [2.45, 2.75) is 24.9 Å². The van der Waals surface area contributed by atoms with E-state index in [0.29, 0.717) is 12.0 Å². The highest BCUT2D eigenvalue weighted by atomic mass is 35.5. The van der Waals surface area contributed by atoms with Crippen molar-refractivity contribution in [3.63, 3.8) is 0 Å². The summed E-state index contributed by atoms with van der Waals surface area (Å²) in [7, 11) is 0. The third kappa shape index (κ3) is 5.56. The van der Waals surface area contributed by atoms with Crippen molar-refractivity contribution in [1.29, 1.82) is 0 Å². The lowest BCUT2D eigenvalue weighted by atomic mass is 10.0. The van der Waals surface area contributed by atoms with Crippen LogP contribution in [0.5, 0.6) is 5.75 Å². The summed E-state index contributed by atoms with van der Waals surface area (Å²) >= 11 is 6.10. The molecule has 0 aliphatic rings. The SMILES string of the molecule is N[C@@H](Cc1ccccc1)C(=O)Oc1ccc([C@@H](N)CC(=O)O)cc1Cl. The van der Waals surface area contributed by atoms with Gasteiger partial charge in [0.05, 0.1) is 11.4 Å². The van der Waals surface area contributed by atoms with Crippen LogP contribution in [0.25, 0.3) is 0 Å². The molecule has 0 saturated heterocycles. The maximum absolute atomic E-state index is 12.1. The predicted molar refractivity (Wildman–Crippen MR) is 94.4 cm³/mol. The Balaban J connectivity index is 2.01. The lowest BCUT2D eigenvalue weighted by Gasteiger charge is -2.14. The van der Waals surface area contributed by atoms with Crippen LogP contribution in [0.4, 0.5) is 0 Å². The van der Waals surface area contributed by atoms with Gasteiger partial charge in [-0.3, -0.25) is 4.79 Å². The van der Waals surface area contributed by atoms with Gasteiger partial charge < -0.3 is 21.3 Å². The molecule has 0 bridgehead atoms. The number of hydrogen-bond donors (Lipinski definition) is 3. The Morgan fingerprint density at radius 3 is 2.40 bits per heavy atom. The van der Waals surface area contributed by atoms with Gasteiger partial charge in [-0.2, -0.15) is 0 Å². The zero-order valence-corrected chi connectivity index (χ0v) is 14.1. The van der Waals surface area contributed by atoms with Crippen molar-refractivity contribution in [2.24, 2.45) is 11.5 Å². The minimum absolute atomic E-state index is 0.154. The van der Waals surface area contributed by atoms with E-state index >= 15 is 0 Å². The molecule has 0 fully saturated rings. The second kappa shape index (κ2) is 8.62. The van der Waals surface area contributed by atoms with Crippen molar-refractivity contribution in [1.82, 2.24) is 0 Å². The number of hydrogen-bond acceptors (Lipinski definition) is 5. The molecule has 2 rings (SSSR count). The van der Waals surface area contributed by atoms with Crippen molar-refractivity contribution >= 4 is 23.5 Å². The van der Waals surface area contributed by atoms with Gasteiger partial charge in [0, 0.05) is 6.04 Å². The Kier molecular flexibility index (Phi) is 6.52. The van der Waals surface area contributed by atoms with Crippen molar-refractivity contribution < 1.29 is 19.4 Å². The summed E-state index contributed by atoms with van der Waals surface area (Å²) in [6.07, 6.45) is 0.121. The first-order chi connectivity index (χ1) is 11.9. The highest BCUT2D eigenvalue weighted by Gasteiger charge is 2.19. The third-order valence-corrected chi connectivity index (χ3v) is 3.89. The molecule has 0 spiro atoms. The van der Waals surface area contributed by atoms with Gasteiger partial charge in [-0.05, 0) is 29.7 Å². The van der Waals surface area contributed by atoms with E-state index in [4.69, 9.17) is 32.9 Å². The highest BCUT2D eigenvalue weighted by molar-refractivity contribution is 6.32. The molecule has 7 heteroatoms. The first kappa shape index (κ1) is 18.9. The van der Waals surface area contributed by atoms with Gasteiger partial charge in [0.15, 0.2) is 0 Å². The molecule has 132 valence electrons. The Morgan fingerprint density at radius 2 is 1.80 bits per heavy atom. The zero-order chi connectivity index (χ0) is 18.4. The lowest BCUT2D eigenvalue weighted by Crippen LogP contribution is -2.36. The van der Waals surface area contributed by atoms with Gasteiger partial charge in [0.2, 0.25) is 0 Å². The van der Waals surface area contributed by atoms with Gasteiger partial charge in [-0.15, -0.1) is 0 Å². The van der Waals surface area contributed by atoms with Crippen LogP contribution in [0.15, 0.2) is 48.5 Å². The number of carbonyl (C=O) groups is 2. The largest absolute Gasteiger partial charge is 0.481 e. The lowest BCUT2D eigenvalue weighted by molar-refractivity contribution is -0.137. The molecule has 6 nitrogen and oxygen atoms in total. The first-order valence-electron chi connectivity index (χ1n) is 7.65. The summed E-state index contributed by atoms with van der Waals surface area (Å²) in [5.74, 6) is -1.46. The fourth-order valence-corrected chi connectivity index (χ4v) is 2.50. The van der Waals surface area contributed by atoms with E-state index in [1.807, 2.05) is 30.3 Å². The maximum atomic E-state index is 12.1. The molecule has 0 aromatic heterocycles. The van der Waals surface area contributed by atoms with Gasteiger partial charge in [-0.25, -0.2) is 4.79 Å². The molecule has 0 aliphatic carbocycles. The van der Waals surface area contributed by atoms with E-state index in [-0.39, 0.29) is 17.2 Å². The van der Waals surface area contributed by atoms with Crippen molar-refractivity contribution in [3.05, 3.63) is 64.7 Å². The number of rotatable bonds is 7. The second-order valence-corrected chi connectivity index (χ2v) is 6.02. The molecule has 0 unspecified atom stereocenters. The summed E-state index contributed by atoms with van der Waals surface area (Å²) in [6, 6.07) is 12.4. The Labute approximate surface area is 150 Å². The summed E-state index contributed by atoms with van der Waals surface area (Å²) in [5.41, 5.74) is 13.1. The molecule has 0 heterocycles. The number of carbonyl (C=O) groups excluding carboxylic acids is 1. The molecular formula is C18H19ClN2O4. The Hall–Kier alpha value is -2.41. The van der Waals surface area contributed by atoms with E-state index in [1.54, 1.807) is 6.07 Å². The number of aliphatic carboxylic acids is 1. The zero-order valence-electron chi connectivity index (χ0n) is 13.4. The predicted octanol–water partition coefficient (Wildman–Crippen LogP) is 2.29. The van der Waals surface area contributed by atoms with Crippen LogP contribution in [0.2, 0.25) is 5.02 Å². The van der Waals surface area contributed by atoms with Crippen LogP contribution < -0.4 is 16.2 Å². The fraction of sp³-hybridized carbons (Fsp3) is 0.222. The number of esters is 1. The molecule has 25 heavy (non-hydrogen) atoms. The number of benzene rings is 2. The molecule has 5 N–H and O–H groups in total. The summed E-state index contributed by atoms with van der Waals surface area (Å²) in [4.78, 5) is 22.8. The number of nitrogens with two attached hydrogens (primary N) is 2. The smallest absolute Gasteiger partial charge is 0.328 e. The van der Waals surface area contributed by atoms with E-state index in [9.17, 15) is 9.59 Å². The molecule has 2 aromatic rings. The quantitative estimate of drug-likeness (QED) is 0.514. The third-order valence-electron chi connectivity index (χ3n) is 3.59. The topological polar surface area (TPSA) is 116 Å². The fourth-order valence-electron chi connectivity index (χ4n) is 2.27. The highest BCUT2D eigenvalue weighted by Crippen LogP contribution is 2.28. The van der Waals surface area contributed by atoms with E-state index in [1.165, 1.54) is 12.1 Å². The van der Waals surface area contributed by atoms with Gasteiger partial charge in [0.1, 0.15) is 11.8 Å². The van der Waals surface area contributed by atoms with Crippen molar-refractivity contribution in [2.75, 3.05) is 0 Å². The normalized spacial score (nSPS) is 13.1. The van der Waals surface area contributed by atoms with Crippen LogP contribution >= 0.6 is 11.6 Å². The van der Waals surface area contributed by atoms with Crippen LogP contribution in [0, 0.1) is 0 Å². The standard InChI is InChI=1S/C18H19ClN2O4/c19-13-9-12(14(20)10-17(22)23)6-7-16(13)25-18(24)15(21)8-11-4-2-1-3-5-11/h1-7,9,14-15H,8,10,20-21H2,(H,22,23)/t14-,15-/m0/s1. The number of ether oxygens (including phenoxy) is 1. The molecule has 0 radical (unpaired) electrons. The van der Waals surface area contributed by atoms with Crippen LogP contribution in [-0.2, 0) is 16.0 Å².